The van der Waals surface area contributed by atoms with Crippen molar-refractivity contribution in [3.05, 3.63) is 52.7 Å². The van der Waals surface area contributed by atoms with Crippen LogP contribution in [0.25, 0.3) is 5.69 Å². The Balaban J connectivity index is 2.34. The van der Waals surface area contributed by atoms with Crippen molar-refractivity contribution in [1.29, 1.82) is 0 Å². The van der Waals surface area contributed by atoms with Crippen molar-refractivity contribution in [2.24, 2.45) is 5.73 Å². The predicted molar refractivity (Wildman–Crippen MR) is 70.2 cm³/mol. The average molecular weight is 261 g/mol. The number of aliphatic carboxylic acids is 1. The Morgan fingerprint density at radius 3 is 2.79 bits per heavy atom. The molecule has 4 N–H and O–H groups in total. The first-order chi connectivity index (χ1) is 9.09. The van der Waals surface area contributed by atoms with Gasteiger partial charge in [0.2, 0.25) is 0 Å². The number of para-hydroxylation sites is 1. The molecule has 0 radical (unpaired) electrons. The van der Waals surface area contributed by atoms with Gasteiger partial charge in [-0.25, -0.2) is 4.79 Å². The van der Waals surface area contributed by atoms with Gasteiger partial charge >= 0.3 is 11.7 Å². The van der Waals surface area contributed by atoms with Gasteiger partial charge in [-0.15, -0.1) is 0 Å². The van der Waals surface area contributed by atoms with Crippen LogP contribution >= 0.6 is 0 Å². The minimum absolute atomic E-state index is 0.00244. The molecule has 0 aliphatic rings. The van der Waals surface area contributed by atoms with Crippen LogP contribution < -0.4 is 11.4 Å². The van der Waals surface area contributed by atoms with Crippen molar-refractivity contribution >= 4 is 5.97 Å². The number of benzene rings is 1. The van der Waals surface area contributed by atoms with Crippen LogP contribution in [-0.2, 0) is 4.79 Å². The number of hydrogen-bond donors (Lipinski definition) is 3. The molecular weight excluding hydrogens is 246 g/mol. The number of aromatic nitrogens is 2. The van der Waals surface area contributed by atoms with E-state index in [0.29, 0.717) is 12.1 Å². The SMILES string of the molecule is NC(CCC(=O)O)c1ccccc1-n1cc[nH]c1=O. The van der Waals surface area contributed by atoms with E-state index < -0.39 is 12.0 Å². The third-order valence-corrected chi connectivity index (χ3v) is 2.91. The fourth-order valence-electron chi connectivity index (χ4n) is 1.96. The van der Waals surface area contributed by atoms with Gasteiger partial charge in [0, 0.05) is 24.9 Å². The Kier molecular flexibility index (Phi) is 3.82. The third kappa shape index (κ3) is 2.92. The highest BCUT2D eigenvalue weighted by Gasteiger charge is 2.14. The van der Waals surface area contributed by atoms with Crippen LogP contribution in [0.3, 0.4) is 0 Å². The van der Waals surface area contributed by atoms with E-state index in [-0.39, 0.29) is 12.1 Å². The number of aromatic amines is 1. The second-order valence-corrected chi connectivity index (χ2v) is 4.23. The lowest BCUT2D eigenvalue weighted by molar-refractivity contribution is -0.137. The van der Waals surface area contributed by atoms with Crippen LogP contribution in [0, 0.1) is 0 Å². The summed E-state index contributed by atoms with van der Waals surface area (Å²) in [4.78, 5) is 24.8. The first-order valence-electron chi connectivity index (χ1n) is 5.92. The molecule has 0 spiro atoms. The fraction of sp³-hybridized carbons (Fsp3) is 0.231. The molecule has 1 atom stereocenters. The van der Waals surface area contributed by atoms with E-state index in [4.69, 9.17) is 10.8 Å². The van der Waals surface area contributed by atoms with Gasteiger partial charge in [0.15, 0.2) is 0 Å². The van der Waals surface area contributed by atoms with E-state index in [1.807, 2.05) is 12.1 Å². The van der Waals surface area contributed by atoms with Crippen LogP contribution in [0.4, 0.5) is 0 Å². The Bertz CT molecular complexity index is 630. The van der Waals surface area contributed by atoms with E-state index in [9.17, 15) is 9.59 Å². The van der Waals surface area contributed by atoms with Gasteiger partial charge in [0.05, 0.1) is 5.69 Å². The first kappa shape index (κ1) is 13.1. The molecule has 0 fully saturated rings. The smallest absolute Gasteiger partial charge is 0.330 e. The first-order valence-corrected chi connectivity index (χ1v) is 5.92. The second kappa shape index (κ2) is 5.53. The summed E-state index contributed by atoms with van der Waals surface area (Å²) in [6.07, 6.45) is 3.48. The monoisotopic (exact) mass is 261 g/mol. The predicted octanol–water partition coefficient (Wildman–Crippen LogP) is 1.03. The topological polar surface area (TPSA) is 101 Å². The maximum absolute atomic E-state index is 11.6. The molecule has 1 unspecified atom stereocenters. The molecule has 6 heteroatoms. The van der Waals surface area contributed by atoms with Crippen LogP contribution in [0.15, 0.2) is 41.5 Å². The van der Waals surface area contributed by atoms with Crippen LogP contribution in [-0.4, -0.2) is 20.6 Å². The number of rotatable bonds is 5. The van der Waals surface area contributed by atoms with Gasteiger partial charge in [-0.3, -0.25) is 9.36 Å². The van der Waals surface area contributed by atoms with Gasteiger partial charge in [-0.1, -0.05) is 18.2 Å². The summed E-state index contributed by atoms with van der Waals surface area (Å²) in [7, 11) is 0. The molecule has 1 aromatic carbocycles. The summed E-state index contributed by atoms with van der Waals surface area (Å²) in [5, 5.41) is 8.69. The molecule has 0 aliphatic carbocycles. The minimum atomic E-state index is -0.883. The fourth-order valence-corrected chi connectivity index (χ4v) is 1.96. The van der Waals surface area contributed by atoms with Crippen molar-refractivity contribution in [3.8, 4) is 5.69 Å². The lowest BCUT2D eigenvalue weighted by atomic mass is 10.0. The molecule has 2 aromatic rings. The van der Waals surface area contributed by atoms with Crippen molar-refractivity contribution in [3.63, 3.8) is 0 Å². The summed E-state index contributed by atoms with van der Waals surface area (Å²) < 4.78 is 1.45. The zero-order chi connectivity index (χ0) is 13.8. The van der Waals surface area contributed by atoms with Crippen LogP contribution in [0.1, 0.15) is 24.4 Å². The quantitative estimate of drug-likeness (QED) is 0.748. The number of hydrogen-bond acceptors (Lipinski definition) is 3. The number of nitrogens with one attached hydrogen (secondary N) is 1. The number of carbonyl (C=O) groups is 1. The van der Waals surface area contributed by atoms with Crippen molar-refractivity contribution in [2.75, 3.05) is 0 Å². The van der Waals surface area contributed by atoms with Gasteiger partial charge in [-0.05, 0) is 18.1 Å². The highest BCUT2D eigenvalue weighted by molar-refractivity contribution is 5.66. The van der Waals surface area contributed by atoms with Crippen molar-refractivity contribution < 1.29 is 9.90 Å². The number of H-pyrrole nitrogens is 1. The minimum Gasteiger partial charge on any atom is -0.481 e. The van der Waals surface area contributed by atoms with Crippen molar-refractivity contribution in [1.82, 2.24) is 9.55 Å². The van der Waals surface area contributed by atoms with Gasteiger partial charge in [0.1, 0.15) is 0 Å². The normalized spacial score (nSPS) is 12.3. The molecule has 6 nitrogen and oxygen atoms in total. The molecule has 19 heavy (non-hydrogen) atoms. The molecule has 0 amide bonds. The van der Waals surface area contributed by atoms with Gasteiger partial charge in [0.25, 0.3) is 0 Å². The Labute approximate surface area is 109 Å². The molecule has 100 valence electrons. The number of carboxylic acids is 1. The summed E-state index contributed by atoms with van der Waals surface area (Å²) in [6, 6.07) is 6.79. The number of nitrogens with zero attached hydrogens (tertiary/aromatic N) is 1. The summed E-state index contributed by atoms with van der Waals surface area (Å²) >= 11 is 0. The molecule has 1 aromatic heterocycles. The summed E-state index contributed by atoms with van der Waals surface area (Å²) in [5.41, 5.74) is 7.19. The molecular formula is C13H15N3O3. The van der Waals surface area contributed by atoms with Crippen LogP contribution in [0.2, 0.25) is 0 Å². The second-order valence-electron chi connectivity index (χ2n) is 4.23. The summed E-state index contributed by atoms with van der Waals surface area (Å²) in [6.45, 7) is 0. The zero-order valence-corrected chi connectivity index (χ0v) is 10.2. The lowest BCUT2D eigenvalue weighted by Crippen LogP contribution is -2.19. The maximum Gasteiger partial charge on any atom is 0.330 e. The molecule has 2 rings (SSSR count). The Morgan fingerprint density at radius 1 is 1.42 bits per heavy atom. The number of nitrogens with two attached hydrogens (primary N) is 1. The number of imidazole rings is 1. The van der Waals surface area contributed by atoms with Crippen molar-refractivity contribution in [2.45, 2.75) is 18.9 Å². The van der Waals surface area contributed by atoms with E-state index in [1.165, 1.54) is 4.57 Å². The molecule has 0 bridgehead atoms. The molecule has 0 saturated heterocycles. The average Bonchev–Trinajstić information content (AvgIpc) is 2.82. The van der Waals surface area contributed by atoms with E-state index in [2.05, 4.69) is 4.98 Å². The zero-order valence-electron chi connectivity index (χ0n) is 10.2. The standard InChI is InChI=1S/C13H15N3O3/c14-10(5-6-12(17)18)9-3-1-2-4-11(9)16-8-7-15-13(16)19/h1-4,7-8,10H,5-6,14H2,(H,15,19)(H,17,18). The lowest BCUT2D eigenvalue weighted by Gasteiger charge is -2.15. The van der Waals surface area contributed by atoms with Gasteiger partial charge < -0.3 is 15.8 Å². The number of carboxylic acid groups (broad SMARTS) is 1. The molecule has 1 heterocycles. The highest BCUT2D eigenvalue weighted by atomic mass is 16.4. The molecule has 0 saturated carbocycles. The Morgan fingerprint density at radius 2 is 2.16 bits per heavy atom. The third-order valence-electron chi connectivity index (χ3n) is 2.91. The maximum atomic E-state index is 11.6. The van der Waals surface area contributed by atoms with E-state index >= 15 is 0 Å². The van der Waals surface area contributed by atoms with Crippen LogP contribution in [0.5, 0.6) is 0 Å². The van der Waals surface area contributed by atoms with E-state index in [0.717, 1.165) is 5.56 Å². The van der Waals surface area contributed by atoms with Gasteiger partial charge in [-0.2, -0.15) is 0 Å². The van der Waals surface area contributed by atoms with E-state index in [1.54, 1.807) is 24.5 Å². The molecule has 0 aliphatic heterocycles. The highest BCUT2D eigenvalue weighted by Crippen LogP contribution is 2.22. The summed E-state index contributed by atoms with van der Waals surface area (Å²) in [5.74, 6) is -0.883. The largest absolute Gasteiger partial charge is 0.481 e. The Hall–Kier alpha value is -2.34.